The van der Waals surface area contributed by atoms with Crippen molar-refractivity contribution in [3.05, 3.63) is 10.8 Å². The van der Waals surface area contributed by atoms with Gasteiger partial charge in [0.25, 0.3) is 5.82 Å². The predicted molar refractivity (Wildman–Crippen MR) is 67.5 cm³/mol. The predicted octanol–water partition coefficient (Wildman–Crippen LogP) is 2.58. The standard InChI is InChI=1S/C11H14F3N5S/c12-11(13,14)9-16-17-10-19(9)18-8(20-10)6-4-2-1-3-5-7(6)15/h6-7H,1-5,15H2. The molecule has 0 bridgehead atoms. The van der Waals surface area contributed by atoms with Crippen LogP contribution in [0.15, 0.2) is 0 Å². The normalized spacial score (nSPS) is 25.0. The highest BCUT2D eigenvalue weighted by molar-refractivity contribution is 7.16. The van der Waals surface area contributed by atoms with Crippen LogP contribution in [0.5, 0.6) is 0 Å². The summed E-state index contributed by atoms with van der Waals surface area (Å²) in [6.07, 6.45) is 0.419. The molecule has 1 aliphatic carbocycles. The van der Waals surface area contributed by atoms with Crippen molar-refractivity contribution in [1.82, 2.24) is 19.8 Å². The fraction of sp³-hybridized carbons (Fsp3) is 0.727. The van der Waals surface area contributed by atoms with E-state index in [0.29, 0.717) is 5.01 Å². The van der Waals surface area contributed by atoms with Gasteiger partial charge in [-0.15, -0.1) is 10.2 Å². The lowest BCUT2D eigenvalue weighted by atomic mass is 9.96. The highest BCUT2D eigenvalue weighted by atomic mass is 32.1. The molecule has 20 heavy (non-hydrogen) atoms. The smallest absolute Gasteiger partial charge is 0.327 e. The Kier molecular flexibility index (Phi) is 3.41. The second-order valence-electron chi connectivity index (χ2n) is 5.06. The molecule has 5 nitrogen and oxygen atoms in total. The molecule has 1 aliphatic rings. The third kappa shape index (κ3) is 2.39. The molecule has 110 valence electrons. The monoisotopic (exact) mass is 305 g/mol. The average Bonchev–Trinajstić information content (AvgIpc) is 2.85. The molecular formula is C11H14F3N5S. The van der Waals surface area contributed by atoms with Gasteiger partial charge in [0.2, 0.25) is 4.96 Å². The van der Waals surface area contributed by atoms with Crippen LogP contribution < -0.4 is 5.73 Å². The number of hydrogen-bond donors (Lipinski definition) is 1. The van der Waals surface area contributed by atoms with Crippen LogP contribution in [0.2, 0.25) is 0 Å². The summed E-state index contributed by atoms with van der Waals surface area (Å²) >= 11 is 1.15. The molecular weight excluding hydrogens is 291 g/mol. The Labute approximate surface area is 117 Å². The van der Waals surface area contributed by atoms with Gasteiger partial charge < -0.3 is 5.73 Å². The van der Waals surface area contributed by atoms with Crippen LogP contribution >= 0.6 is 11.3 Å². The fourth-order valence-corrected chi connectivity index (χ4v) is 3.65. The molecule has 3 rings (SSSR count). The molecule has 2 N–H and O–H groups in total. The van der Waals surface area contributed by atoms with Gasteiger partial charge in [0, 0.05) is 12.0 Å². The number of alkyl halides is 3. The first-order valence-electron chi connectivity index (χ1n) is 6.52. The van der Waals surface area contributed by atoms with Gasteiger partial charge in [-0.1, -0.05) is 30.6 Å². The van der Waals surface area contributed by atoms with Crippen molar-refractivity contribution in [2.45, 2.75) is 50.2 Å². The molecule has 1 saturated carbocycles. The number of aromatic nitrogens is 4. The summed E-state index contributed by atoms with van der Waals surface area (Å²) in [6, 6.07) is -0.0457. The molecule has 0 spiro atoms. The molecule has 2 unspecified atom stereocenters. The SMILES string of the molecule is NC1CCCCCC1c1nn2c(C(F)(F)F)nnc2s1. The number of nitrogens with two attached hydrogens (primary N) is 1. The largest absolute Gasteiger partial charge is 0.453 e. The van der Waals surface area contributed by atoms with Crippen LogP contribution in [0, 0.1) is 0 Å². The van der Waals surface area contributed by atoms with E-state index in [-0.39, 0.29) is 16.9 Å². The Hall–Kier alpha value is -1.22. The van der Waals surface area contributed by atoms with Gasteiger partial charge in [-0.3, -0.25) is 0 Å². The Balaban J connectivity index is 1.98. The van der Waals surface area contributed by atoms with Gasteiger partial charge in [0.15, 0.2) is 0 Å². The maximum Gasteiger partial charge on any atom is 0.453 e. The lowest BCUT2D eigenvalue weighted by molar-refractivity contribution is -0.146. The van der Waals surface area contributed by atoms with E-state index < -0.39 is 12.0 Å². The third-order valence-electron chi connectivity index (χ3n) is 3.65. The van der Waals surface area contributed by atoms with E-state index in [0.717, 1.165) is 48.0 Å². The number of fused-ring (bicyclic) bond motifs is 1. The molecule has 0 amide bonds. The van der Waals surface area contributed by atoms with Crippen molar-refractivity contribution < 1.29 is 13.2 Å². The van der Waals surface area contributed by atoms with Crippen molar-refractivity contribution >= 4 is 16.3 Å². The first-order chi connectivity index (χ1) is 9.47. The summed E-state index contributed by atoms with van der Waals surface area (Å²) < 4.78 is 39.1. The van der Waals surface area contributed by atoms with E-state index in [2.05, 4.69) is 15.3 Å². The topological polar surface area (TPSA) is 69.1 Å². The Bertz CT molecular complexity index is 605. The average molecular weight is 305 g/mol. The van der Waals surface area contributed by atoms with E-state index in [4.69, 9.17) is 5.73 Å². The minimum atomic E-state index is -4.55. The van der Waals surface area contributed by atoms with Gasteiger partial charge in [0.05, 0.1) is 0 Å². The van der Waals surface area contributed by atoms with Crippen LogP contribution in [-0.4, -0.2) is 25.9 Å². The van der Waals surface area contributed by atoms with E-state index in [9.17, 15) is 13.2 Å². The zero-order chi connectivity index (χ0) is 14.3. The summed E-state index contributed by atoms with van der Waals surface area (Å²) in [7, 11) is 0. The summed E-state index contributed by atoms with van der Waals surface area (Å²) in [5, 5.41) is 11.4. The van der Waals surface area contributed by atoms with E-state index in [1.54, 1.807) is 0 Å². The van der Waals surface area contributed by atoms with Crippen LogP contribution in [0.4, 0.5) is 13.2 Å². The molecule has 2 aromatic heterocycles. The first-order valence-corrected chi connectivity index (χ1v) is 7.33. The maximum atomic E-state index is 12.8. The molecule has 0 saturated heterocycles. The number of rotatable bonds is 1. The summed E-state index contributed by atoms with van der Waals surface area (Å²) in [4.78, 5) is 0.170. The Morgan fingerprint density at radius 1 is 1.15 bits per heavy atom. The molecule has 2 atom stereocenters. The number of halogens is 3. The van der Waals surface area contributed by atoms with E-state index in [1.807, 2.05) is 0 Å². The molecule has 2 heterocycles. The van der Waals surface area contributed by atoms with Crippen LogP contribution in [0.1, 0.15) is 48.9 Å². The minimum Gasteiger partial charge on any atom is -0.327 e. The van der Waals surface area contributed by atoms with Gasteiger partial charge in [-0.25, -0.2) is 0 Å². The Morgan fingerprint density at radius 3 is 2.65 bits per heavy atom. The van der Waals surface area contributed by atoms with Crippen LogP contribution in [0.25, 0.3) is 4.96 Å². The molecule has 0 radical (unpaired) electrons. The summed E-state index contributed by atoms with van der Waals surface area (Å²) in [6.45, 7) is 0. The minimum absolute atomic E-state index is 0.0188. The van der Waals surface area contributed by atoms with Gasteiger partial charge in [-0.2, -0.15) is 22.8 Å². The zero-order valence-corrected chi connectivity index (χ0v) is 11.4. The quantitative estimate of drug-likeness (QED) is 0.822. The summed E-state index contributed by atoms with van der Waals surface area (Å²) in [5.74, 6) is -1.05. The summed E-state index contributed by atoms with van der Waals surface area (Å²) in [5.41, 5.74) is 6.12. The molecule has 2 aromatic rings. The van der Waals surface area contributed by atoms with E-state index >= 15 is 0 Å². The van der Waals surface area contributed by atoms with Crippen LogP contribution in [-0.2, 0) is 6.18 Å². The van der Waals surface area contributed by atoms with Crippen molar-refractivity contribution in [1.29, 1.82) is 0 Å². The first kappa shape index (κ1) is 13.7. The van der Waals surface area contributed by atoms with Gasteiger partial charge in [0.1, 0.15) is 5.01 Å². The van der Waals surface area contributed by atoms with Crippen molar-refractivity contribution in [2.24, 2.45) is 5.73 Å². The third-order valence-corrected chi connectivity index (χ3v) is 4.68. The number of hydrogen-bond acceptors (Lipinski definition) is 5. The Morgan fingerprint density at radius 2 is 1.90 bits per heavy atom. The molecule has 0 aromatic carbocycles. The lowest BCUT2D eigenvalue weighted by Gasteiger charge is -2.17. The second-order valence-corrected chi connectivity index (χ2v) is 6.05. The molecule has 9 heteroatoms. The van der Waals surface area contributed by atoms with Gasteiger partial charge in [-0.05, 0) is 12.8 Å². The molecule has 1 fully saturated rings. The number of nitrogens with zero attached hydrogens (tertiary/aromatic N) is 4. The van der Waals surface area contributed by atoms with Crippen LogP contribution in [0.3, 0.4) is 0 Å². The highest BCUT2D eigenvalue weighted by Crippen LogP contribution is 2.35. The highest BCUT2D eigenvalue weighted by Gasteiger charge is 2.39. The molecule has 0 aliphatic heterocycles. The van der Waals surface area contributed by atoms with Crippen molar-refractivity contribution in [3.8, 4) is 0 Å². The van der Waals surface area contributed by atoms with Gasteiger partial charge >= 0.3 is 6.18 Å². The fourth-order valence-electron chi connectivity index (χ4n) is 2.60. The zero-order valence-electron chi connectivity index (χ0n) is 10.6. The van der Waals surface area contributed by atoms with Crippen molar-refractivity contribution in [3.63, 3.8) is 0 Å². The maximum absolute atomic E-state index is 12.8. The van der Waals surface area contributed by atoms with E-state index in [1.165, 1.54) is 0 Å². The lowest BCUT2D eigenvalue weighted by Crippen LogP contribution is -2.27. The second kappa shape index (κ2) is 4.96. The van der Waals surface area contributed by atoms with Crippen molar-refractivity contribution in [2.75, 3.05) is 0 Å².